The number of anilines is 1. The summed E-state index contributed by atoms with van der Waals surface area (Å²) in [6.45, 7) is 3.99. The van der Waals surface area contributed by atoms with Crippen molar-refractivity contribution in [3.8, 4) is 0 Å². The molecular formula is C11H12N2O4. The molecule has 0 aliphatic heterocycles. The van der Waals surface area contributed by atoms with Crippen LogP contribution < -0.4 is 5.32 Å². The maximum absolute atomic E-state index is 10.9. The maximum atomic E-state index is 10.9. The predicted octanol–water partition coefficient (Wildman–Crippen LogP) is 2.28. The third kappa shape index (κ3) is 3.04. The number of carboxylic acid groups (broad SMARTS) is 1. The van der Waals surface area contributed by atoms with E-state index in [4.69, 9.17) is 5.11 Å². The van der Waals surface area contributed by atoms with Crippen molar-refractivity contribution in [2.24, 2.45) is 0 Å². The summed E-state index contributed by atoms with van der Waals surface area (Å²) < 4.78 is 0. The highest BCUT2D eigenvalue weighted by Crippen LogP contribution is 2.28. The molecule has 90 valence electrons. The highest BCUT2D eigenvalue weighted by atomic mass is 16.6. The molecular weight excluding hydrogens is 224 g/mol. The van der Waals surface area contributed by atoms with Crippen LogP contribution in [0.2, 0.25) is 0 Å². The summed E-state index contributed by atoms with van der Waals surface area (Å²) in [6.07, 6.45) is 2.30. The molecule has 6 nitrogen and oxygen atoms in total. The number of carbonyl (C=O) groups is 1. The van der Waals surface area contributed by atoms with E-state index in [2.05, 4.69) is 11.9 Å². The zero-order valence-electron chi connectivity index (χ0n) is 9.05. The Morgan fingerprint density at radius 2 is 2.29 bits per heavy atom. The van der Waals surface area contributed by atoms with Crippen LogP contribution in [0.3, 0.4) is 0 Å². The molecule has 2 N–H and O–H groups in total. The Balaban J connectivity index is 3.11. The molecule has 17 heavy (non-hydrogen) atoms. The summed E-state index contributed by atoms with van der Waals surface area (Å²) in [5, 5.41) is 22.5. The molecule has 0 bridgehead atoms. The SMILES string of the molecule is C=CCCNc1cccc(C(=O)O)c1[N+](=O)[O-]. The standard InChI is InChI=1S/C11H12N2O4/c1-2-3-7-12-9-6-4-5-8(11(14)15)10(9)13(16)17/h2,4-6,12H,1,3,7H2,(H,14,15). The van der Waals surface area contributed by atoms with Crippen LogP contribution in [-0.4, -0.2) is 22.5 Å². The predicted molar refractivity (Wildman–Crippen MR) is 63.4 cm³/mol. The first-order valence-electron chi connectivity index (χ1n) is 4.93. The highest BCUT2D eigenvalue weighted by Gasteiger charge is 2.23. The number of para-hydroxylation sites is 1. The summed E-state index contributed by atoms with van der Waals surface area (Å²) in [7, 11) is 0. The Morgan fingerprint density at radius 3 is 2.82 bits per heavy atom. The molecule has 0 heterocycles. The summed E-state index contributed by atoms with van der Waals surface area (Å²) in [4.78, 5) is 21.0. The number of hydrogen-bond donors (Lipinski definition) is 2. The van der Waals surface area contributed by atoms with Crippen molar-refractivity contribution in [2.45, 2.75) is 6.42 Å². The van der Waals surface area contributed by atoms with Crippen molar-refractivity contribution in [1.29, 1.82) is 0 Å². The summed E-state index contributed by atoms with van der Waals surface area (Å²) in [5.41, 5.74) is -0.528. The van der Waals surface area contributed by atoms with Crippen LogP contribution in [-0.2, 0) is 0 Å². The summed E-state index contributed by atoms with van der Waals surface area (Å²) in [6, 6.07) is 4.15. The first kappa shape index (κ1) is 12.7. The molecule has 0 saturated heterocycles. The third-order valence-corrected chi connectivity index (χ3v) is 2.11. The van der Waals surface area contributed by atoms with Gasteiger partial charge in [0, 0.05) is 6.54 Å². The normalized spacial score (nSPS) is 9.65. The van der Waals surface area contributed by atoms with E-state index in [9.17, 15) is 14.9 Å². The molecule has 0 aliphatic carbocycles. The lowest BCUT2D eigenvalue weighted by molar-refractivity contribution is -0.384. The van der Waals surface area contributed by atoms with Gasteiger partial charge in [0.2, 0.25) is 0 Å². The molecule has 0 amide bonds. The van der Waals surface area contributed by atoms with Crippen LogP contribution in [0.5, 0.6) is 0 Å². The summed E-state index contributed by atoms with van der Waals surface area (Å²) in [5.74, 6) is -1.32. The Bertz CT molecular complexity index is 457. The minimum atomic E-state index is -1.32. The first-order valence-corrected chi connectivity index (χ1v) is 4.93. The average molecular weight is 236 g/mol. The quantitative estimate of drug-likeness (QED) is 0.342. The van der Waals surface area contributed by atoms with Gasteiger partial charge in [0.15, 0.2) is 0 Å². The number of nitro benzene ring substituents is 1. The molecule has 0 radical (unpaired) electrons. The van der Waals surface area contributed by atoms with Crippen LogP contribution in [0, 0.1) is 10.1 Å². The van der Waals surface area contributed by atoms with Crippen LogP contribution in [0.1, 0.15) is 16.8 Å². The molecule has 1 aromatic carbocycles. The van der Waals surface area contributed by atoms with E-state index in [1.54, 1.807) is 6.08 Å². The van der Waals surface area contributed by atoms with Gasteiger partial charge >= 0.3 is 11.7 Å². The van der Waals surface area contributed by atoms with Gasteiger partial charge in [-0.05, 0) is 18.6 Å². The monoisotopic (exact) mass is 236 g/mol. The highest BCUT2D eigenvalue weighted by molar-refractivity contribution is 5.95. The van der Waals surface area contributed by atoms with Crippen molar-refractivity contribution in [1.82, 2.24) is 0 Å². The number of benzene rings is 1. The molecule has 0 spiro atoms. The maximum Gasteiger partial charge on any atom is 0.342 e. The van der Waals surface area contributed by atoms with Crippen molar-refractivity contribution in [2.75, 3.05) is 11.9 Å². The molecule has 0 aromatic heterocycles. The second-order valence-electron chi connectivity index (χ2n) is 3.27. The van der Waals surface area contributed by atoms with Gasteiger partial charge in [0.25, 0.3) is 0 Å². The molecule has 1 rings (SSSR count). The third-order valence-electron chi connectivity index (χ3n) is 2.11. The lowest BCUT2D eigenvalue weighted by atomic mass is 10.1. The van der Waals surface area contributed by atoms with E-state index in [1.165, 1.54) is 18.2 Å². The van der Waals surface area contributed by atoms with E-state index >= 15 is 0 Å². The molecule has 0 aliphatic rings. The fourth-order valence-corrected chi connectivity index (χ4v) is 1.36. The molecule has 0 fully saturated rings. The van der Waals surface area contributed by atoms with Crippen molar-refractivity contribution in [3.05, 3.63) is 46.5 Å². The Labute approximate surface area is 97.7 Å². The van der Waals surface area contributed by atoms with Gasteiger partial charge in [-0.1, -0.05) is 12.1 Å². The first-order chi connectivity index (χ1) is 8.07. The van der Waals surface area contributed by atoms with Gasteiger partial charge in [-0.3, -0.25) is 10.1 Å². The fourth-order valence-electron chi connectivity index (χ4n) is 1.36. The minimum absolute atomic E-state index is 0.205. The van der Waals surface area contributed by atoms with Gasteiger partial charge < -0.3 is 10.4 Å². The largest absolute Gasteiger partial charge is 0.477 e. The number of nitro groups is 1. The zero-order chi connectivity index (χ0) is 12.8. The number of carboxylic acids is 1. The molecule has 1 aromatic rings. The van der Waals surface area contributed by atoms with Crippen LogP contribution in [0.4, 0.5) is 11.4 Å². The van der Waals surface area contributed by atoms with E-state index in [0.29, 0.717) is 13.0 Å². The van der Waals surface area contributed by atoms with Gasteiger partial charge in [-0.25, -0.2) is 4.79 Å². The van der Waals surface area contributed by atoms with Crippen molar-refractivity contribution < 1.29 is 14.8 Å². The Hall–Kier alpha value is -2.37. The van der Waals surface area contributed by atoms with Gasteiger partial charge in [-0.2, -0.15) is 0 Å². The lowest BCUT2D eigenvalue weighted by Crippen LogP contribution is -2.08. The smallest absolute Gasteiger partial charge is 0.342 e. The fraction of sp³-hybridized carbons (Fsp3) is 0.182. The Morgan fingerprint density at radius 1 is 1.59 bits per heavy atom. The summed E-state index contributed by atoms with van der Waals surface area (Å²) >= 11 is 0. The molecule has 0 saturated carbocycles. The van der Waals surface area contributed by atoms with Crippen LogP contribution in [0.15, 0.2) is 30.9 Å². The lowest BCUT2D eigenvalue weighted by Gasteiger charge is -2.07. The molecule has 0 unspecified atom stereocenters. The number of aromatic carboxylic acids is 1. The number of nitrogens with zero attached hydrogens (tertiary/aromatic N) is 1. The molecule has 6 heteroatoms. The number of rotatable bonds is 6. The number of hydrogen-bond acceptors (Lipinski definition) is 4. The average Bonchev–Trinajstić information content (AvgIpc) is 2.28. The van der Waals surface area contributed by atoms with Crippen LogP contribution >= 0.6 is 0 Å². The second kappa shape index (κ2) is 5.64. The van der Waals surface area contributed by atoms with Gasteiger partial charge in [-0.15, -0.1) is 6.58 Å². The van der Waals surface area contributed by atoms with Crippen molar-refractivity contribution in [3.63, 3.8) is 0 Å². The van der Waals surface area contributed by atoms with E-state index in [-0.39, 0.29) is 11.3 Å². The number of nitrogens with one attached hydrogen (secondary N) is 1. The van der Waals surface area contributed by atoms with E-state index in [0.717, 1.165) is 0 Å². The van der Waals surface area contributed by atoms with E-state index < -0.39 is 16.6 Å². The van der Waals surface area contributed by atoms with Gasteiger partial charge in [0.05, 0.1) is 4.92 Å². The second-order valence-corrected chi connectivity index (χ2v) is 3.27. The van der Waals surface area contributed by atoms with Gasteiger partial charge in [0.1, 0.15) is 11.3 Å². The minimum Gasteiger partial charge on any atom is -0.477 e. The van der Waals surface area contributed by atoms with Crippen LogP contribution in [0.25, 0.3) is 0 Å². The van der Waals surface area contributed by atoms with E-state index in [1.807, 2.05) is 0 Å². The van der Waals surface area contributed by atoms with Crippen molar-refractivity contribution >= 4 is 17.3 Å². The Kier molecular flexibility index (Phi) is 4.21. The molecule has 0 atom stereocenters. The zero-order valence-corrected chi connectivity index (χ0v) is 9.05. The topological polar surface area (TPSA) is 92.5 Å².